The molecule has 8 nitrogen and oxygen atoms in total. The number of ether oxygens (including phenoxy) is 2. The molecule has 0 atom stereocenters. The monoisotopic (exact) mass is 590 g/mol. The van der Waals surface area contributed by atoms with Crippen molar-refractivity contribution in [1.82, 2.24) is 19.7 Å². The second kappa shape index (κ2) is 11.0. The van der Waals surface area contributed by atoms with E-state index in [1.54, 1.807) is 6.07 Å². The lowest BCUT2D eigenvalue weighted by molar-refractivity contribution is -0.0528. The van der Waals surface area contributed by atoms with Crippen LogP contribution in [-0.2, 0) is 10.0 Å². The molecule has 39 heavy (non-hydrogen) atoms. The molecule has 0 saturated carbocycles. The first-order valence-corrected chi connectivity index (χ1v) is 14.3. The molecule has 0 radical (unpaired) electrons. The van der Waals surface area contributed by atoms with Gasteiger partial charge in [-0.05, 0) is 73.5 Å². The number of rotatable bonds is 9. The van der Waals surface area contributed by atoms with Crippen molar-refractivity contribution in [2.24, 2.45) is 0 Å². The van der Waals surface area contributed by atoms with Crippen LogP contribution in [0.25, 0.3) is 31.8 Å². The van der Waals surface area contributed by atoms with Crippen LogP contribution in [0.4, 0.5) is 8.78 Å². The highest BCUT2D eigenvalue weighted by atomic mass is 35.5. The number of thiazole rings is 1. The number of aromatic nitrogens is 3. The van der Waals surface area contributed by atoms with E-state index in [-0.39, 0.29) is 23.9 Å². The summed E-state index contributed by atoms with van der Waals surface area (Å²) in [5, 5.41) is 1.14. The standard InChI is InChI=1S/C26H21ClF2N4O4S2/c1-14-9-19(24-20(10-14)32-22(13-30-24)37-26(28)29)25-33-23-15(2)11-17(12-21(23)38-25)36-8-7-31-39(34,35)18-5-3-16(27)4-6-18/h3-6,9-13,26,31H,7-8H2,1-2H3. The Bertz CT molecular complexity index is 1780. The van der Waals surface area contributed by atoms with Crippen LogP contribution in [0.15, 0.2) is 59.6 Å². The van der Waals surface area contributed by atoms with E-state index in [0.717, 1.165) is 26.9 Å². The molecule has 2 aromatic heterocycles. The smallest absolute Gasteiger partial charge is 0.388 e. The fourth-order valence-corrected chi connectivity index (χ4v) is 6.19. The lowest BCUT2D eigenvalue weighted by atomic mass is 10.1. The van der Waals surface area contributed by atoms with Gasteiger partial charge in [0.1, 0.15) is 17.4 Å². The summed E-state index contributed by atoms with van der Waals surface area (Å²) in [6.45, 7) is 0.973. The molecule has 202 valence electrons. The van der Waals surface area contributed by atoms with Gasteiger partial charge in [-0.25, -0.2) is 28.1 Å². The van der Waals surface area contributed by atoms with Crippen molar-refractivity contribution in [2.75, 3.05) is 13.2 Å². The van der Waals surface area contributed by atoms with Crippen LogP contribution in [0.5, 0.6) is 11.6 Å². The Balaban J connectivity index is 1.35. The highest BCUT2D eigenvalue weighted by molar-refractivity contribution is 7.89. The Labute approximate surface area is 231 Å². The SMILES string of the molecule is Cc1cc(-c2nc3c(C)cc(OCCNS(=O)(=O)c4ccc(Cl)cc4)cc3s2)c2ncc(OC(F)F)nc2c1. The molecular formula is C26H21ClF2N4O4S2. The average molecular weight is 591 g/mol. The van der Waals surface area contributed by atoms with Gasteiger partial charge in [-0.15, -0.1) is 11.3 Å². The number of hydrogen-bond acceptors (Lipinski definition) is 8. The maximum Gasteiger partial charge on any atom is 0.388 e. The van der Waals surface area contributed by atoms with Crippen LogP contribution in [0.1, 0.15) is 11.1 Å². The summed E-state index contributed by atoms with van der Waals surface area (Å²) < 4.78 is 63.7. The molecule has 0 spiro atoms. The van der Waals surface area contributed by atoms with Crippen LogP contribution < -0.4 is 14.2 Å². The van der Waals surface area contributed by atoms with Crippen molar-refractivity contribution < 1.29 is 26.7 Å². The molecule has 13 heteroatoms. The van der Waals surface area contributed by atoms with Gasteiger partial charge in [0.25, 0.3) is 0 Å². The number of hydrogen-bond donors (Lipinski definition) is 1. The molecule has 0 saturated heterocycles. The van der Waals surface area contributed by atoms with Crippen molar-refractivity contribution in [3.63, 3.8) is 0 Å². The predicted molar refractivity (Wildman–Crippen MR) is 146 cm³/mol. The molecule has 3 aromatic carbocycles. The van der Waals surface area contributed by atoms with E-state index < -0.39 is 16.6 Å². The van der Waals surface area contributed by atoms with E-state index in [1.165, 1.54) is 41.8 Å². The maximum absolute atomic E-state index is 12.6. The summed E-state index contributed by atoms with van der Waals surface area (Å²) in [4.78, 5) is 13.4. The van der Waals surface area contributed by atoms with Gasteiger partial charge in [-0.1, -0.05) is 11.6 Å². The molecule has 5 aromatic rings. The van der Waals surface area contributed by atoms with Crippen LogP contribution >= 0.6 is 22.9 Å². The van der Waals surface area contributed by atoms with Crippen molar-refractivity contribution in [3.8, 4) is 22.2 Å². The Morgan fingerprint density at radius 2 is 1.82 bits per heavy atom. The summed E-state index contributed by atoms with van der Waals surface area (Å²) in [5.74, 6) is 0.315. The Kier molecular flexibility index (Phi) is 7.63. The normalized spacial score (nSPS) is 11.9. The van der Waals surface area contributed by atoms with Gasteiger partial charge >= 0.3 is 6.61 Å². The molecule has 2 heterocycles. The molecule has 5 rings (SSSR count). The van der Waals surface area contributed by atoms with E-state index in [4.69, 9.17) is 21.3 Å². The topological polar surface area (TPSA) is 103 Å². The first-order valence-electron chi connectivity index (χ1n) is 11.6. The van der Waals surface area contributed by atoms with E-state index >= 15 is 0 Å². The van der Waals surface area contributed by atoms with E-state index in [0.29, 0.717) is 26.8 Å². The zero-order chi connectivity index (χ0) is 27.7. The minimum Gasteiger partial charge on any atom is -0.492 e. The first kappa shape index (κ1) is 27.1. The van der Waals surface area contributed by atoms with Gasteiger partial charge < -0.3 is 9.47 Å². The fourth-order valence-electron chi connectivity index (χ4n) is 3.96. The fraction of sp³-hybridized carbons (Fsp3) is 0.192. The van der Waals surface area contributed by atoms with E-state index in [9.17, 15) is 17.2 Å². The van der Waals surface area contributed by atoms with Gasteiger partial charge in [-0.3, -0.25) is 0 Å². The molecular weight excluding hydrogens is 570 g/mol. The third-order valence-corrected chi connectivity index (χ3v) is 8.42. The van der Waals surface area contributed by atoms with Crippen molar-refractivity contribution in [3.05, 3.63) is 70.9 Å². The lowest BCUT2D eigenvalue weighted by Crippen LogP contribution is -2.28. The van der Waals surface area contributed by atoms with Gasteiger partial charge in [-0.2, -0.15) is 8.78 Å². The Morgan fingerprint density at radius 3 is 2.56 bits per heavy atom. The van der Waals surface area contributed by atoms with E-state index in [2.05, 4.69) is 19.4 Å². The molecule has 0 fully saturated rings. The molecule has 1 N–H and O–H groups in total. The molecule has 0 amide bonds. The highest BCUT2D eigenvalue weighted by Crippen LogP contribution is 2.37. The zero-order valence-corrected chi connectivity index (χ0v) is 23.0. The zero-order valence-electron chi connectivity index (χ0n) is 20.6. The third-order valence-electron chi connectivity index (χ3n) is 5.65. The van der Waals surface area contributed by atoms with Gasteiger partial charge in [0.05, 0.1) is 32.3 Å². The lowest BCUT2D eigenvalue weighted by Gasteiger charge is -2.09. The van der Waals surface area contributed by atoms with Gasteiger partial charge in [0.2, 0.25) is 15.9 Å². The summed E-state index contributed by atoms with van der Waals surface area (Å²) in [6.07, 6.45) is 1.17. The number of alkyl halides is 2. The van der Waals surface area contributed by atoms with Gasteiger partial charge in [0.15, 0.2) is 0 Å². The summed E-state index contributed by atoms with van der Waals surface area (Å²) in [7, 11) is -3.68. The van der Waals surface area contributed by atoms with Crippen molar-refractivity contribution in [1.29, 1.82) is 0 Å². The number of sulfonamides is 1. The number of fused-ring (bicyclic) bond motifs is 2. The largest absolute Gasteiger partial charge is 0.492 e. The molecule has 0 bridgehead atoms. The first-order chi connectivity index (χ1) is 18.6. The minimum atomic E-state index is -3.68. The number of nitrogens with zero attached hydrogens (tertiary/aromatic N) is 3. The summed E-state index contributed by atoms with van der Waals surface area (Å²) in [5.41, 5.74) is 4.18. The van der Waals surface area contributed by atoms with E-state index in [1.807, 2.05) is 32.0 Å². The second-order valence-electron chi connectivity index (χ2n) is 8.57. The third kappa shape index (κ3) is 6.09. The van der Waals surface area contributed by atoms with Crippen LogP contribution in [0.3, 0.4) is 0 Å². The van der Waals surface area contributed by atoms with Crippen LogP contribution in [-0.4, -0.2) is 43.1 Å². The summed E-state index contributed by atoms with van der Waals surface area (Å²) >= 11 is 7.25. The Morgan fingerprint density at radius 1 is 1.05 bits per heavy atom. The second-order valence-corrected chi connectivity index (χ2v) is 11.8. The molecule has 0 aliphatic heterocycles. The van der Waals surface area contributed by atoms with Gasteiger partial charge in [0, 0.05) is 17.1 Å². The Hall–Kier alpha value is -3.45. The molecule has 0 aliphatic rings. The average Bonchev–Trinajstić information content (AvgIpc) is 3.31. The quantitative estimate of drug-likeness (QED) is 0.206. The van der Waals surface area contributed by atoms with Crippen LogP contribution in [0.2, 0.25) is 5.02 Å². The van der Waals surface area contributed by atoms with Crippen LogP contribution in [0, 0.1) is 13.8 Å². The number of benzene rings is 3. The number of halogens is 3. The maximum atomic E-state index is 12.6. The minimum absolute atomic E-state index is 0.0706. The molecule has 0 aliphatic carbocycles. The highest BCUT2D eigenvalue weighted by Gasteiger charge is 2.17. The predicted octanol–water partition coefficient (Wildman–Crippen LogP) is 6.14. The molecule has 0 unspecified atom stereocenters. The van der Waals surface area contributed by atoms with Crippen molar-refractivity contribution >= 4 is 54.2 Å². The summed E-state index contributed by atoms with van der Waals surface area (Å²) in [6, 6.07) is 13.2. The van der Waals surface area contributed by atoms with Crippen molar-refractivity contribution in [2.45, 2.75) is 25.4 Å². The number of nitrogens with one attached hydrogen (secondary N) is 1. The number of aryl methyl sites for hydroxylation is 2.